The van der Waals surface area contributed by atoms with E-state index in [4.69, 9.17) is 24.2 Å². The third-order valence-electron chi connectivity index (χ3n) is 13.5. The molecule has 14 nitrogen and oxygen atoms in total. The SMILES string of the molecule is COC(=O)N[C@H](C(=O)N1CCC[C@H]1C1=NC=C(c2ccc3c(c2)OC(c2ccccc2)n2c-3cc3cc(C4=CN=C([C@@H]5CCCN5C(=O)[C@@H](NC(=O)OC)C(C)C)C4)ccc32)C1)C(C)C. The Balaban J connectivity index is 0.947. The molecule has 0 aliphatic carbocycles. The van der Waals surface area contributed by atoms with Crippen molar-refractivity contribution in [1.29, 1.82) is 0 Å². The van der Waals surface area contributed by atoms with Gasteiger partial charge in [-0.25, -0.2) is 9.59 Å². The van der Waals surface area contributed by atoms with Gasteiger partial charge in [-0.2, -0.15) is 0 Å². The minimum atomic E-state index is -0.689. The fraction of sp³-hybridized carbons (Fsp3) is 0.412. The molecule has 2 N–H and O–H groups in total. The Morgan fingerprint density at radius 1 is 0.692 bits per heavy atom. The van der Waals surface area contributed by atoms with Crippen LogP contribution in [0.4, 0.5) is 9.59 Å². The van der Waals surface area contributed by atoms with E-state index in [1.165, 1.54) is 14.2 Å². The van der Waals surface area contributed by atoms with Crippen molar-refractivity contribution in [2.24, 2.45) is 21.8 Å². The third-order valence-corrected chi connectivity index (χ3v) is 13.5. The Bertz CT molecular complexity index is 2660. The van der Waals surface area contributed by atoms with Crippen LogP contribution in [0, 0.1) is 11.8 Å². The van der Waals surface area contributed by atoms with Gasteiger partial charge in [0.15, 0.2) is 0 Å². The minimum Gasteiger partial charge on any atom is -0.465 e. The van der Waals surface area contributed by atoms with Crippen molar-refractivity contribution in [1.82, 2.24) is 25.0 Å². The van der Waals surface area contributed by atoms with Gasteiger partial charge in [-0.3, -0.25) is 19.6 Å². The summed E-state index contributed by atoms with van der Waals surface area (Å²) in [6.07, 6.45) is 6.82. The number of likely N-dealkylation sites (tertiary alicyclic amines) is 2. The summed E-state index contributed by atoms with van der Waals surface area (Å²) in [5.41, 5.74) is 10.2. The lowest BCUT2D eigenvalue weighted by Crippen LogP contribution is -2.53. The van der Waals surface area contributed by atoms with Gasteiger partial charge in [-0.15, -0.1) is 0 Å². The Hall–Kier alpha value is -6.70. The van der Waals surface area contributed by atoms with Crippen LogP contribution >= 0.6 is 0 Å². The number of nitrogens with one attached hydrogen (secondary N) is 2. The summed E-state index contributed by atoms with van der Waals surface area (Å²) in [4.78, 5) is 65.4. The number of ether oxygens (including phenoxy) is 3. The number of carbonyl (C=O) groups is 4. The number of nitrogens with zero attached hydrogens (tertiary/aromatic N) is 5. The summed E-state index contributed by atoms with van der Waals surface area (Å²) in [5.74, 6) is 0.340. The molecule has 0 bridgehead atoms. The topological polar surface area (TPSA) is 156 Å². The number of aliphatic imine (C=N–C) groups is 2. The maximum absolute atomic E-state index is 13.8. The van der Waals surface area contributed by atoms with Gasteiger partial charge in [0.2, 0.25) is 18.0 Å². The maximum atomic E-state index is 13.8. The van der Waals surface area contributed by atoms with Crippen LogP contribution in [0.25, 0.3) is 33.3 Å². The number of rotatable bonds is 11. The van der Waals surface area contributed by atoms with Gasteiger partial charge >= 0.3 is 12.2 Å². The summed E-state index contributed by atoms with van der Waals surface area (Å²) in [6, 6.07) is 23.8. The standard InChI is InChI=1S/C51H57N7O7/c1-29(2)45(54-50(61)63-5)47(59)56-20-10-14-41(56)38-23-35(27-52-38)32-17-19-40-34(22-32)25-43-37-18-16-33(26-44(37)65-49(58(40)43)31-12-8-7-9-13-31)36-24-39(53-28-36)42-15-11-21-57(42)48(60)46(30(3)4)55-51(62)64-6/h7-9,12-13,16-19,22,25-30,41-42,45-46,49H,10-11,14-15,20-21,23-24H2,1-6H3,(H,54,61)(H,55,62)/t41-,42-,45-,46-,49?/m0/s1. The fourth-order valence-corrected chi connectivity index (χ4v) is 10.1. The van der Waals surface area contributed by atoms with Gasteiger partial charge in [0.1, 0.15) is 17.8 Å². The van der Waals surface area contributed by atoms with Crippen molar-refractivity contribution in [2.75, 3.05) is 27.3 Å². The highest BCUT2D eigenvalue weighted by Crippen LogP contribution is 2.46. The monoisotopic (exact) mass is 879 g/mol. The molecule has 9 rings (SSSR count). The first-order chi connectivity index (χ1) is 31.4. The van der Waals surface area contributed by atoms with Gasteiger partial charge < -0.3 is 39.2 Å². The van der Waals surface area contributed by atoms with E-state index in [0.29, 0.717) is 25.9 Å². The van der Waals surface area contributed by atoms with Gasteiger partial charge in [0, 0.05) is 66.3 Å². The number of allylic oxidation sites excluding steroid dienone is 2. The number of benzene rings is 3. The van der Waals surface area contributed by atoms with Gasteiger partial charge in [-0.05, 0) is 90.1 Å². The van der Waals surface area contributed by atoms with Crippen LogP contribution in [0.3, 0.4) is 0 Å². The molecule has 2 saturated heterocycles. The molecule has 0 spiro atoms. The van der Waals surface area contributed by atoms with Crippen molar-refractivity contribution < 1.29 is 33.4 Å². The predicted octanol–water partition coefficient (Wildman–Crippen LogP) is 8.36. The largest absolute Gasteiger partial charge is 0.465 e. The molecule has 2 fully saturated rings. The van der Waals surface area contributed by atoms with Crippen molar-refractivity contribution in [3.63, 3.8) is 0 Å². The molecule has 5 aliphatic heterocycles. The second kappa shape index (κ2) is 18.1. The number of aromatic nitrogens is 1. The molecule has 338 valence electrons. The lowest BCUT2D eigenvalue weighted by Gasteiger charge is -2.31. The number of methoxy groups -OCH3 is 2. The van der Waals surface area contributed by atoms with E-state index in [-0.39, 0.29) is 35.7 Å². The predicted molar refractivity (Wildman–Crippen MR) is 250 cm³/mol. The van der Waals surface area contributed by atoms with E-state index in [1.807, 2.05) is 68.1 Å². The van der Waals surface area contributed by atoms with E-state index in [2.05, 4.69) is 69.8 Å². The van der Waals surface area contributed by atoms with Gasteiger partial charge in [0.05, 0.1) is 37.5 Å². The molecule has 4 amide bonds. The summed E-state index contributed by atoms with van der Waals surface area (Å²) in [6.45, 7) is 8.91. The van der Waals surface area contributed by atoms with E-state index >= 15 is 0 Å². The zero-order valence-corrected chi connectivity index (χ0v) is 37.9. The number of amides is 4. The zero-order chi connectivity index (χ0) is 45.5. The molecule has 0 saturated carbocycles. The van der Waals surface area contributed by atoms with Crippen molar-refractivity contribution in [2.45, 2.75) is 96.6 Å². The molecule has 4 aromatic rings. The van der Waals surface area contributed by atoms with Gasteiger partial charge in [-0.1, -0.05) is 70.2 Å². The first-order valence-electron chi connectivity index (χ1n) is 22.8. The molecule has 3 aromatic carbocycles. The van der Waals surface area contributed by atoms with E-state index < -0.39 is 30.5 Å². The average molecular weight is 880 g/mol. The van der Waals surface area contributed by atoms with Crippen molar-refractivity contribution >= 4 is 57.5 Å². The van der Waals surface area contributed by atoms with Crippen LogP contribution in [-0.2, 0) is 19.1 Å². The molecule has 6 heterocycles. The zero-order valence-electron chi connectivity index (χ0n) is 37.9. The molecule has 1 aromatic heterocycles. The van der Waals surface area contributed by atoms with E-state index in [0.717, 1.165) is 92.9 Å². The highest BCUT2D eigenvalue weighted by Gasteiger charge is 2.40. The summed E-state index contributed by atoms with van der Waals surface area (Å²) in [7, 11) is 2.61. The smallest absolute Gasteiger partial charge is 0.407 e. The quantitative estimate of drug-likeness (QED) is 0.153. The first-order valence-corrected chi connectivity index (χ1v) is 22.8. The lowest BCUT2D eigenvalue weighted by atomic mass is 9.95. The van der Waals surface area contributed by atoms with Crippen LogP contribution in [0.2, 0.25) is 0 Å². The van der Waals surface area contributed by atoms with Crippen molar-refractivity contribution in [3.8, 4) is 17.0 Å². The number of fused-ring (bicyclic) bond motifs is 5. The van der Waals surface area contributed by atoms with Crippen LogP contribution in [0.5, 0.6) is 5.75 Å². The summed E-state index contributed by atoms with van der Waals surface area (Å²) < 4.78 is 18.9. The Morgan fingerprint density at radius 3 is 1.77 bits per heavy atom. The first kappa shape index (κ1) is 43.5. The van der Waals surface area contributed by atoms with E-state index in [1.54, 1.807) is 0 Å². The average Bonchev–Trinajstić information content (AvgIpc) is 4.18. The number of hydrogen-bond donors (Lipinski definition) is 2. The van der Waals surface area contributed by atoms with Crippen LogP contribution < -0.4 is 15.4 Å². The summed E-state index contributed by atoms with van der Waals surface area (Å²) >= 11 is 0. The normalized spacial score (nSPS) is 21.0. The molecule has 14 heteroatoms. The Kier molecular flexibility index (Phi) is 12.1. The number of carbonyl (C=O) groups excluding carboxylic acids is 4. The molecule has 1 unspecified atom stereocenters. The van der Waals surface area contributed by atoms with Crippen LogP contribution in [0.15, 0.2) is 95.2 Å². The third kappa shape index (κ3) is 8.30. The van der Waals surface area contributed by atoms with Crippen molar-refractivity contribution in [3.05, 3.63) is 102 Å². The molecular formula is C51H57N7O7. The summed E-state index contributed by atoms with van der Waals surface area (Å²) in [5, 5.41) is 6.56. The highest BCUT2D eigenvalue weighted by atomic mass is 16.5. The second-order valence-corrected chi connectivity index (χ2v) is 18.3. The highest BCUT2D eigenvalue weighted by molar-refractivity contribution is 6.06. The second-order valence-electron chi connectivity index (χ2n) is 18.3. The Morgan fingerprint density at radius 2 is 1.23 bits per heavy atom. The van der Waals surface area contributed by atoms with Crippen LogP contribution in [-0.4, -0.2) is 101 Å². The minimum absolute atomic E-state index is 0.105. The molecule has 0 radical (unpaired) electrons. The fourth-order valence-electron chi connectivity index (χ4n) is 10.1. The Labute approximate surface area is 379 Å². The molecular weight excluding hydrogens is 823 g/mol. The molecule has 65 heavy (non-hydrogen) atoms. The maximum Gasteiger partial charge on any atom is 0.407 e. The van der Waals surface area contributed by atoms with Crippen LogP contribution in [0.1, 0.15) is 89.1 Å². The molecule has 5 atom stereocenters. The van der Waals surface area contributed by atoms with Gasteiger partial charge in [0.25, 0.3) is 0 Å². The number of hydrogen-bond acceptors (Lipinski definition) is 9. The van der Waals surface area contributed by atoms with E-state index in [9.17, 15) is 19.2 Å². The lowest BCUT2D eigenvalue weighted by molar-refractivity contribution is -0.134. The molecule has 5 aliphatic rings. The number of alkyl carbamates (subject to hydrolysis) is 2.